The summed E-state index contributed by atoms with van der Waals surface area (Å²) in [4.78, 5) is 11.3. The van der Waals surface area contributed by atoms with E-state index in [9.17, 15) is 4.79 Å². The number of carbonyl (C=O) groups is 1. The monoisotopic (exact) mass is 288 g/mol. The molecule has 0 heterocycles. The number of methoxy groups -OCH3 is 1. The van der Waals surface area contributed by atoms with Crippen molar-refractivity contribution < 1.29 is 9.53 Å². The minimum atomic E-state index is -0.355. The molecule has 1 aromatic rings. The Bertz CT molecular complexity index is 388. The molecule has 0 fully saturated rings. The summed E-state index contributed by atoms with van der Waals surface area (Å²) in [5.74, 6) is -0.355. The Labute approximate surface area is 102 Å². The van der Waals surface area contributed by atoms with Gasteiger partial charge in [-0.15, -0.1) is 0 Å². The van der Waals surface area contributed by atoms with E-state index in [2.05, 4.69) is 20.7 Å². The highest BCUT2D eigenvalue weighted by molar-refractivity contribution is 9.09. The smallest absolute Gasteiger partial charge is 0.334 e. The Morgan fingerprint density at radius 1 is 1.53 bits per heavy atom. The van der Waals surface area contributed by atoms with E-state index in [1.807, 2.05) is 18.2 Å². The molecule has 2 nitrogen and oxygen atoms in total. The van der Waals surface area contributed by atoms with Gasteiger partial charge in [0.1, 0.15) is 0 Å². The summed E-state index contributed by atoms with van der Waals surface area (Å²) in [6.45, 7) is 0. The van der Waals surface area contributed by atoms with Crippen molar-refractivity contribution in [2.45, 2.75) is 0 Å². The average Bonchev–Trinajstić information content (AvgIpc) is 2.27. The van der Waals surface area contributed by atoms with Gasteiger partial charge in [-0.25, -0.2) is 4.79 Å². The van der Waals surface area contributed by atoms with Gasteiger partial charge in [-0.05, 0) is 17.7 Å². The largest absolute Gasteiger partial charge is 0.466 e. The van der Waals surface area contributed by atoms with Crippen molar-refractivity contribution in [2.75, 3.05) is 12.4 Å². The van der Waals surface area contributed by atoms with E-state index in [4.69, 9.17) is 11.6 Å². The molecule has 4 heteroatoms. The second-order valence-electron chi connectivity index (χ2n) is 2.82. The van der Waals surface area contributed by atoms with Crippen LogP contribution in [0.25, 0.3) is 6.08 Å². The lowest BCUT2D eigenvalue weighted by atomic mass is 10.1. The molecule has 0 aliphatic carbocycles. The number of alkyl halides is 1. The van der Waals surface area contributed by atoms with Gasteiger partial charge in [0, 0.05) is 15.9 Å². The zero-order valence-electron chi connectivity index (χ0n) is 8.17. The van der Waals surface area contributed by atoms with Crippen LogP contribution in [0.1, 0.15) is 5.56 Å². The van der Waals surface area contributed by atoms with E-state index in [1.54, 1.807) is 12.1 Å². The van der Waals surface area contributed by atoms with Crippen molar-refractivity contribution in [3.8, 4) is 0 Å². The van der Waals surface area contributed by atoms with Crippen molar-refractivity contribution >= 4 is 39.6 Å². The molecule has 1 aromatic carbocycles. The first-order chi connectivity index (χ1) is 7.19. The summed E-state index contributed by atoms with van der Waals surface area (Å²) < 4.78 is 4.64. The van der Waals surface area contributed by atoms with Gasteiger partial charge in [0.05, 0.1) is 7.11 Å². The average molecular weight is 290 g/mol. The van der Waals surface area contributed by atoms with Gasteiger partial charge in [-0.2, -0.15) is 0 Å². The lowest BCUT2D eigenvalue weighted by Crippen LogP contribution is -2.05. The molecule has 0 aliphatic heterocycles. The van der Waals surface area contributed by atoms with E-state index in [1.165, 1.54) is 7.11 Å². The maximum absolute atomic E-state index is 11.3. The van der Waals surface area contributed by atoms with Crippen LogP contribution in [0.5, 0.6) is 0 Å². The minimum Gasteiger partial charge on any atom is -0.466 e. The van der Waals surface area contributed by atoms with Crippen LogP contribution in [0.4, 0.5) is 0 Å². The second-order valence-corrected chi connectivity index (χ2v) is 3.78. The van der Waals surface area contributed by atoms with Crippen LogP contribution in [0.2, 0.25) is 5.02 Å². The Morgan fingerprint density at radius 3 is 2.73 bits per heavy atom. The third-order valence-corrected chi connectivity index (χ3v) is 2.77. The second kappa shape index (κ2) is 5.93. The van der Waals surface area contributed by atoms with Gasteiger partial charge in [0.15, 0.2) is 0 Å². The normalized spacial score (nSPS) is 11.3. The fraction of sp³-hybridized carbons (Fsp3) is 0.182. The maximum atomic E-state index is 11.3. The topological polar surface area (TPSA) is 26.3 Å². The van der Waals surface area contributed by atoms with Gasteiger partial charge in [-0.1, -0.05) is 45.7 Å². The molecule has 0 atom stereocenters. The molecule has 0 saturated carbocycles. The van der Waals surface area contributed by atoms with Crippen LogP contribution >= 0.6 is 27.5 Å². The molecule has 0 saturated heterocycles. The van der Waals surface area contributed by atoms with Crippen LogP contribution in [0, 0.1) is 0 Å². The molecule has 80 valence electrons. The molecule has 0 bridgehead atoms. The third-order valence-electron chi connectivity index (χ3n) is 1.83. The quantitative estimate of drug-likeness (QED) is 0.485. The summed E-state index contributed by atoms with van der Waals surface area (Å²) in [5, 5.41) is 1.05. The van der Waals surface area contributed by atoms with E-state index >= 15 is 0 Å². The lowest BCUT2D eigenvalue weighted by molar-refractivity contribution is -0.135. The number of hydrogen-bond acceptors (Lipinski definition) is 2. The summed E-state index contributed by atoms with van der Waals surface area (Å²) in [6, 6.07) is 7.32. The Balaban J connectivity index is 3.03. The zero-order valence-corrected chi connectivity index (χ0v) is 10.5. The van der Waals surface area contributed by atoms with Crippen molar-refractivity contribution in [1.82, 2.24) is 0 Å². The minimum absolute atomic E-state index is 0.355. The van der Waals surface area contributed by atoms with Crippen LogP contribution < -0.4 is 0 Å². The molecular formula is C11H10BrClO2. The van der Waals surface area contributed by atoms with E-state index in [-0.39, 0.29) is 5.97 Å². The summed E-state index contributed by atoms with van der Waals surface area (Å²) in [7, 11) is 1.35. The first-order valence-electron chi connectivity index (χ1n) is 4.28. The van der Waals surface area contributed by atoms with Crippen LogP contribution in [-0.2, 0) is 9.53 Å². The highest BCUT2D eigenvalue weighted by Gasteiger charge is 2.08. The predicted molar refractivity (Wildman–Crippen MR) is 65.2 cm³/mol. The molecule has 1 rings (SSSR count). The van der Waals surface area contributed by atoms with Crippen LogP contribution in [0.3, 0.4) is 0 Å². The van der Waals surface area contributed by atoms with Crippen molar-refractivity contribution in [2.24, 2.45) is 0 Å². The number of carbonyl (C=O) groups excluding carboxylic acids is 1. The molecule has 0 aliphatic rings. The number of hydrogen-bond donors (Lipinski definition) is 0. The molecule has 0 radical (unpaired) electrons. The van der Waals surface area contributed by atoms with Gasteiger partial charge < -0.3 is 4.74 Å². The van der Waals surface area contributed by atoms with Gasteiger partial charge in [-0.3, -0.25) is 0 Å². The van der Waals surface area contributed by atoms with Crippen molar-refractivity contribution in [3.05, 3.63) is 40.4 Å². The molecular weight excluding hydrogens is 279 g/mol. The van der Waals surface area contributed by atoms with Gasteiger partial charge >= 0.3 is 5.97 Å². The first kappa shape index (κ1) is 12.3. The molecule has 0 amide bonds. The predicted octanol–water partition coefficient (Wildman–Crippen LogP) is 3.29. The van der Waals surface area contributed by atoms with Crippen LogP contribution in [0.15, 0.2) is 29.8 Å². The highest BCUT2D eigenvalue weighted by Crippen LogP contribution is 2.19. The maximum Gasteiger partial charge on any atom is 0.334 e. The van der Waals surface area contributed by atoms with Gasteiger partial charge in [0.2, 0.25) is 0 Å². The summed E-state index contributed by atoms with van der Waals surface area (Å²) >= 11 is 9.19. The Morgan fingerprint density at radius 2 is 2.20 bits per heavy atom. The Hall–Kier alpha value is -0.800. The summed E-state index contributed by atoms with van der Waals surface area (Å²) in [6.07, 6.45) is 1.71. The fourth-order valence-electron chi connectivity index (χ4n) is 1.06. The molecule has 0 spiro atoms. The first-order valence-corrected chi connectivity index (χ1v) is 5.78. The number of halogens is 2. The Kier molecular flexibility index (Phi) is 4.85. The van der Waals surface area contributed by atoms with Crippen molar-refractivity contribution in [3.63, 3.8) is 0 Å². The van der Waals surface area contributed by atoms with Crippen molar-refractivity contribution in [1.29, 1.82) is 0 Å². The molecule has 0 unspecified atom stereocenters. The van der Waals surface area contributed by atoms with Crippen LogP contribution in [-0.4, -0.2) is 18.4 Å². The standard InChI is InChI=1S/C11H10BrClO2/c1-15-11(14)9(7-12)6-8-4-2-3-5-10(8)13/h2-6H,7H2,1H3/b9-6+. The number of ether oxygens (including phenoxy) is 1. The fourth-order valence-corrected chi connectivity index (χ4v) is 1.64. The SMILES string of the molecule is COC(=O)/C(=C/c1ccccc1Cl)CBr. The zero-order chi connectivity index (χ0) is 11.3. The molecule has 0 aromatic heterocycles. The number of benzene rings is 1. The van der Waals surface area contributed by atoms with Gasteiger partial charge in [0.25, 0.3) is 0 Å². The summed E-state index contributed by atoms with van der Waals surface area (Å²) in [5.41, 5.74) is 1.34. The van der Waals surface area contributed by atoms with E-state index < -0.39 is 0 Å². The number of esters is 1. The lowest BCUT2D eigenvalue weighted by Gasteiger charge is -2.02. The number of rotatable bonds is 3. The molecule has 0 N–H and O–H groups in total. The van der Waals surface area contributed by atoms with E-state index in [0.29, 0.717) is 15.9 Å². The molecule has 15 heavy (non-hydrogen) atoms. The third kappa shape index (κ3) is 3.36. The highest BCUT2D eigenvalue weighted by atomic mass is 79.9. The van der Waals surface area contributed by atoms with E-state index in [0.717, 1.165) is 5.56 Å².